The molecular formula is C23H22FN3O3. The van der Waals surface area contributed by atoms with Gasteiger partial charge in [0.15, 0.2) is 11.5 Å². The lowest BCUT2D eigenvalue weighted by Crippen LogP contribution is -2.36. The van der Waals surface area contributed by atoms with Gasteiger partial charge in [0.1, 0.15) is 5.82 Å². The van der Waals surface area contributed by atoms with Gasteiger partial charge in [-0.05, 0) is 54.7 Å². The lowest BCUT2D eigenvalue weighted by molar-refractivity contribution is 0.0918. The summed E-state index contributed by atoms with van der Waals surface area (Å²) >= 11 is 0. The summed E-state index contributed by atoms with van der Waals surface area (Å²) in [7, 11) is 0. The molecule has 1 aromatic heterocycles. The fraction of sp³-hybridized carbons (Fsp3) is 0.304. The van der Waals surface area contributed by atoms with E-state index < -0.39 is 0 Å². The number of rotatable bonds is 3. The number of benzene rings is 2. The van der Waals surface area contributed by atoms with Crippen LogP contribution < -0.4 is 14.8 Å². The summed E-state index contributed by atoms with van der Waals surface area (Å²) in [5.74, 6) is 0.732. The van der Waals surface area contributed by atoms with E-state index in [1.54, 1.807) is 35.1 Å². The van der Waals surface area contributed by atoms with Crippen molar-refractivity contribution in [1.29, 1.82) is 0 Å². The maximum absolute atomic E-state index is 13.8. The highest BCUT2D eigenvalue weighted by Crippen LogP contribution is 2.41. The van der Waals surface area contributed by atoms with Crippen LogP contribution in [0.15, 0.2) is 48.7 Å². The molecule has 30 heavy (non-hydrogen) atoms. The predicted octanol–water partition coefficient (Wildman–Crippen LogP) is 4.18. The molecule has 0 bridgehead atoms. The van der Waals surface area contributed by atoms with Crippen molar-refractivity contribution in [2.24, 2.45) is 5.41 Å². The van der Waals surface area contributed by atoms with Crippen molar-refractivity contribution in [3.05, 3.63) is 71.3 Å². The van der Waals surface area contributed by atoms with Crippen molar-refractivity contribution >= 4 is 5.91 Å². The summed E-state index contributed by atoms with van der Waals surface area (Å²) in [5.41, 5.74) is 3.10. The SMILES string of the molecule is CC1(C)Cc2c(cnn2-c2cccc(F)c2)C(NC(=O)c2ccc3c(c2)OCO3)C1. The number of hydrogen-bond acceptors (Lipinski definition) is 4. The van der Waals surface area contributed by atoms with E-state index in [1.165, 1.54) is 12.1 Å². The Hall–Kier alpha value is -3.35. The van der Waals surface area contributed by atoms with E-state index in [4.69, 9.17) is 9.47 Å². The van der Waals surface area contributed by atoms with Crippen LogP contribution in [0.1, 0.15) is 47.9 Å². The highest BCUT2D eigenvalue weighted by Gasteiger charge is 2.36. The average molecular weight is 407 g/mol. The van der Waals surface area contributed by atoms with Crippen LogP contribution in [0, 0.1) is 11.2 Å². The molecule has 0 radical (unpaired) electrons. The Morgan fingerprint density at radius 1 is 1.20 bits per heavy atom. The third-order valence-corrected chi connectivity index (χ3v) is 5.67. The highest BCUT2D eigenvalue weighted by molar-refractivity contribution is 5.95. The van der Waals surface area contributed by atoms with Gasteiger partial charge >= 0.3 is 0 Å². The zero-order chi connectivity index (χ0) is 20.9. The topological polar surface area (TPSA) is 65.4 Å². The van der Waals surface area contributed by atoms with Crippen molar-refractivity contribution in [2.75, 3.05) is 6.79 Å². The summed E-state index contributed by atoms with van der Waals surface area (Å²) < 4.78 is 26.2. The van der Waals surface area contributed by atoms with Crippen LogP contribution in [0.3, 0.4) is 0 Å². The second-order valence-electron chi connectivity index (χ2n) is 8.58. The van der Waals surface area contributed by atoms with Crippen LogP contribution in [0.2, 0.25) is 0 Å². The molecule has 3 aromatic rings. The van der Waals surface area contributed by atoms with Crippen molar-refractivity contribution in [3.8, 4) is 17.2 Å². The van der Waals surface area contributed by atoms with Gasteiger partial charge in [-0.1, -0.05) is 19.9 Å². The van der Waals surface area contributed by atoms with E-state index in [9.17, 15) is 9.18 Å². The standard InChI is InChI=1S/C23H22FN3O3/c1-23(2)10-18(26-22(28)14-6-7-20-21(8-14)30-13-29-20)17-12-25-27(19(17)11-23)16-5-3-4-15(24)9-16/h3-9,12,18H,10-11,13H2,1-2H3,(H,26,28). The van der Waals surface area contributed by atoms with Crippen molar-refractivity contribution in [2.45, 2.75) is 32.7 Å². The molecule has 0 saturated heterocycles. The zero-order valence-electron chi connectivity index (χ0n) is 16.8. The largest absolute Gasteiger partial charge is 0.454 e. The van der Waals surface area contributed by atoms with E-state index in [-0.39, 0.29) is 30.0 Å². The minimum absolute atomic E-state index is 0.0507. The lowest BCUT2D eigenvalue weighted by atomic mass is 9.74. The van der Waals surface area contributed by atoms with Gasteiger partial charge in [0.05, 0.1) is 23.6 Å². The Balaban J connectivity index is 1.46. The van der Waals surface area contributed by atoms with Gasteiger partial charge in [0.25, 0.3) is 5.91 Å². The van der Waals surface area contributed by atoms with Crippen LogP contribution in [-0.4, -0.2) is 22.5 Å². The maximum Gasteiger partial charge on any atom is 0.251 e. The molecule has 0 spiro atoms. The second kappa shape index (κ2) is 6.86. The van der Waals surface area contributed by atoms with E-state index in [1.807, 2.05) is 6.07 Å². The van der Waals surface area contributed by atoms with Gasteiger partial charge < -0.3 is 14.8 Å². The molecule has 1 aliphatic carbocycles. The number of carbonyl (C=O) groups excluding carboxylic acids is 1. The lowest BCUT2D eigenvalue weighted by Gasteiger charge is -2.36. The summed E-state index contributed by atoms with van der Waals surface area (Å²) in [6.45, 7) is 4.50. The molecule has 1 N–H and O–H groups in total. The first-order valence-electron chi connectivity index (χ1n) is 9.93. The quantitative estimate of drug-likeness (QED) is 0.707. The van der Waals surface area contributed by atoms with Crippen molar-refractivity contribution < 1.29 is 18.7 Å². The number of nitrogens with one attached hydrogen (secondary N) is 1. The Morgan fingerprint density at radius 3 is 2.87 bits per heavy atom. The van der Waals surface area contributed by atoms with Crippen molar-refractivity contribution in [3.63, 3.8) is 0 Å². The number of aromatic nitrogens is 2. The minimum atomic E-state index is -0.306. The van der Waals surface area contributed by atoms with E-state index in [0.29, 0.717) is 22.7 Å². The molecule has 0 fully saturated rings. The molecule has 1 unspecified atom stereocenters. The Bertz CT molecular complexity index is 1140. The monoisotopic (exact) mass is 407 g/mol. The average Bonchev–Trinajstić information content (AvgIpc) is 3.33. The van der Waals surface area contributed by atoms with Gasteiger partial charge in [-0.25, -0.2) is 9.07 Å². The molecule has 6 nitrogen and oxygen atoms in total. The second-order valence-corrected chi connectivity index (χ2v) is 8.58. The van der Waals surface area contributed by atoms with Crippen LogP contribution >= 0.6 is 0 Å². The number of ether oxygens (including phenoxy) is 2. The molecule has 5 rings (SSSR count). The molecule has 2 heterocycles. The number of fused-ring (bicyclic) bond motifs is 2. The first-order chi connectivity index (χ1) is 14.4. The Morgan fingerprint density at radius 2 is 2.03 bits per heavy atom. The van der Waals surface area contributed by atoms with Gasteiger partial charge in [-0.15, -0.1) is 0 Å². The predicted molar refractivity (Wildman–Crippen MR) is 108 cm³/mol. The maximum atomic E-state index is 13.8. The molecule has 2 aliphatic rings. The first kappa shape index (κ1) is 18.7. The molecule has 1 amide bonds. The van der Waals surface area contributed by atoms with Crippen molar-refractivity contribution in [1.82, 2.24) is 15.1 Å². The number of nitrogens with zero attached hydrogens (tertiary/aromatic N) is 2. The molecule has 7 heteroatoms. The van der Waals surface area contributed by atoms with E-state index in [0.717, 1.165) is 24.1 Å². The van der Waals surface area contributed by atoms with Gasteiger partial charge in [0, 0.05) is 11.1 Å². The third kappa shape index (κ3) is 3.30. The number of amides is 1. The number of hydrogen-bond donors (Lipinski definition) is 1. The molecule has 2 aromatic carbocycles. The molecule has 154 valence electrons. The van der Waals surface area contributed by atoms with Gasteiger partial charge in [-0.3, -0.25) is 4.79 Å². The molecule has 1 atom stereocenters. The fourth-order valence-corrected chi connectivity index (χ4v) is 4.28. The zero-order valence-corrected chi connectivity index (χ0v) is 16.8. The first-order valence-corrected chi connectivity index (χ1v) is 9.93. The highest BCUT2D eigenvalue weighted by atomic mass is 19.1. The smallest absolute Gasteiger partial charge is 0.251 e. The van der Waals surface area contributed by atoms with E-state index >= 15 is 0 Å². The van der Waals surface area contributed by atoms with Crippen LogP contribution in [0.5, 0.6) is 11.5 Å². The summed E-state index contributed by atoms with van der Waals surface area (Å²) in [4.78, 5) is 13.0. The number of halogens is 1. The van der Waals surface area contributed by atoms with E-state index in [2.05, 4.69) is 24.3 Å². The summed E-state index contributed by atoms with van der Waals surface area (Å²) in [6.07, 6.45) is 3.35. The fourth-order valence-electron chi connectivity index (χ4n) is 4.28. The summed E-state index contributed by atoms with van der Waals surface area (Å²) in [5, 5.41) is 7.67. The van der Waals surface area contributed by atoms with Crippen LogP contribution in [0.4, 0.5) is 4.39 Å². The Labute approximate surface area is 173 Å². The normalized spacial score (nSPS) is 18.7. The minimum Gasteiger partial charge on any atom is -0.454 e. The third-order valence-electron chi connectivity index (χ3n) is 5.67. The molecule has 1 aliphatic heterocycles. The molecule has 0 saturated carbocycles. The van der Waals surface area contributed by atoms with Crippen LogP contribution in [-0.2, 0) is 6.42 Å². The van der Waals surface area contributed by atoms with Crippen LogP contribution in [0.25, 0.3) is 5.69 Å². The summed E-state index contributed by atoms with van der Waals surface area (Å²) in [6, 6.07) is 11.4. The van der Waals surface area contributed by atoms with Gasteiger partial charge in [0.2, 0.25) is 6.79 Å². The molecular weight excluding hydrogens is 385 g/mol. The Kier molecular flexibility index (Phi) is 4.27. The van der Waals surface area contributed by atoms with Gasteiger partial charge in [-0.2, -0.15) is 5.10 Å². The number of carbonyl (C=O) groups is 1.